The number of methoxy groups -OCH3 is 2. The smallest absolute Gasteiger partial charge is 0.240 e. The lowest BCUT2D eigenvalue weighted by Crippen LogP contribution is -2.37. The molecule has 1 aliphatic heterocycles. The third-order valence-corrected chi connectivity index (χ3v) is 7.65. The number of nitrogens with one attached hydrogen (secondary N) is 1. The van der Waals surface area contributed by atoms with E-state index in [-0.39, 0.29) is 17.5 Å². The highest BCUT2D eigenvalue weighted by Gasteiger charge is 2.29. The number of anilines is 2. The van der Waals surface area contributed by atoms with Crippen molar-refractivity contribution in [2.75, 3.05) is 51.2 Å². The summed E-state index contributed by atoms with van der Waals surface area (Å²) in [6, 6.07) is 21.0. The van der Waals surface area contributed by atoms with Crippen LogP contribution in [0.4, 0.5) is 11.4 Å². The third-order valence-electron chi connectivity index (χ3n) is 6.23. The average molecular weight is 482 g/mol. The predicted octanol–water partition coefficient (Wildman–Crippen LogP) is 3.85. The lowest BCUT2D eigenvalue weighted by atomic mass is 10.0. The molecular formula is C26H31N3O4S. The molecule has 4 rings (SSSR count). The monoisotopic (exact) mass is 481 g/mol. The Bertz CT molecular complexity index is 1240. The van der Waals surface area contributed by atoms with Gasteiger partial charge in [0, 0.05) is 44.6 Å². The number of hydrogen-bond donors (Lipinski definition) is 1. The van der Waals surface area contributed by atoms with Crippen LogP contribution in [0.3, 0.4) is 0 Å². The number of fused-ring (bicyclic) bond motifs is 1. The van der Waals surface area contributed by atoms with Crippen LogP contribution in [0.25, 0.3) is 0 Å². The van der Waals surface area contributed by atoms with Gasteiger partial charge in [-0.05, 0) is 47.9 Å². The van der Waals surface area contributed by atoms with Crippen molar-refractivity contribution in [1.82, 2.24) is 4.72 Å². The Morgan fingerprint density at radius 3 is 2.35 bits per heavy atom. The zero-order valence-corrected chi connectivity index (χ0v) is 20.8. The summed E-state index contributed by atoms with van der Waals surface area (Å²) < 4.78 is 39.8. The molecule has 3 aromatic rings. The molecule has 0 saturated carbocycles. The molecule has 1 heterocycles. The molecule has 0 aliphatic carbocycles. The van der Waals surface area contributed by atoms with Gasteiger partial charge in [0.15, 0.2) is 11.5 Å². The molecule has 0 bridgehead atoms. The first-order valence-electron chi connectivity index (χ1n) is 11.2. The van der Waals surface area contributed by atoms with E-state index in [2.05, 4.69) is 46.0 Å². The van der Waals surface area contributed by atoms with Crippen LogP contribution >= 0.6 is 0 Å². The minimum Gasteiger partial charge on any atom is -0.493 e. The Balaban J connectivity index is 1.64. The van der Waals surface area contributed by atoms with Crippen molar-refractivity contribution in [2.45, 2.75) is 17.4 Å². The first kappa shape index (κ1) is 23.9. The van der Waals surface area contributed by atoms with Crippen LogP contribution in [0.5, 0.6) is 11.5 Å². The standard InChI is InChI=1S/C26H31N3O4S/c1-28(2)21-11-9-20(10-12-21)24(29-16-15-19-7-5-6-8-23(19)29)18-27-34(30,31)22-13-14-25(32-3)26(17-22)33-4/h5-14,17,24,27H,15-16,18H2,1-4H3/t24-/m1/s1. The first-order valence-corrected chi connectivity index (χ1v) is 12.7. The number of para-hydroxylation sites is 1. The molecule has 34 heavy (non-hydrogen) atoms. The van der Waals surface area contributed by atoms with Gasteiger partial charge in [0.25, 0.3) is 0 Å². The maximum absolute atomic E-state index is 13.2. The molecule has 0 spiro atoms. The Hall–Kier alpha value is -3.23. The van der Waals surface area contributed by atoms with Crippen LogP contribution in [0.1, 0.15) is 17.2 Å². The Morgan fingerprint density at radius 1 is 0.971 bits per heavy atom. The third kappa shape index (κ3) is 4.83. The first-order chi connectivity index (χ1) is 16.3. The van der Waals surface area contributed by atoms with Crippen molar-refractivity contribution < 1.29 is 17.9 Å². The minimum atomic E-state index is -3.77. The Labute approximate surface area is 202 Å². The fourth-order valence-corrected chi connectivity index (χ4v) is 5.40. The topological polar surface area (TPSA) is 71.1 Å². The predicted molar refractivity (Wildman–Crippen MR) is 136 cm³/mol. The molecule has 0 saturated heterocycles. The van der Waals surface area contributed by atoms with Crippen molar-refractivity contribution in [3.63, 3.8) is 0 Å². The molecular weight excluding hydrogens is 450 g/mol. The van der Waals surface area contributed by atoms with Gasteiger partial charge in [-0.15, -0.1) is 0 Å². The van der Waals surface area contributed by atoms with Gasteiger partial charge in [0.2, 0.25) is 10.0 Å². The van der Waals surface area contributed by atoms with E-state index in [4.69, 9.17) is 9.47 Å². The van der Waals surface area contributed by atoms with Crippen LogP contribution < -0.4 is 24.0 Å². The molecule has 1 atom stereocenters. The summed E-state index contributed by atoms with van der Waals surface area (Å²) in [5.74, 6) is 0.851. The zero-order valence-electron chi connectivity index (χ0n) is 20.0. The fraction of sp³-hybridized carbons (Fsp3) is 0.308. The van der Waals surface area contributed by atoms with E-state index in [9.17, 15) is 8.42 Å². The summed E-state index contributed by atoms with van der Waals surface area (Å²) in [5, 5.41) is 0. The van der Waals surface area contributed by atoms with Crippen molar-refractivity contribution in [2.24, 2.45) is 0 Å². The number of hydrogen-bond acceptors (Lipinski definition) is 6. The quantitative estimate of drug-likeness (QED) is 0.501. The van der Waals surface area contributed by atoms with Crippen LogP contribution in [-0.4, -0.2) is 49.8 Å². The van der Waals surface area contributed by atoms with Crippen LogP contribution in [0.2, 0.25) is 0 Å². The van der Waals surface area contributed by atoms with E-state index < -0.39 is 10.0 Å². The molecule has 0 aromatic heterocycles. The van der Waals surface area contributed by atoms with E-state index in [1.807, 2.05) is 31.1 Å². The van der Waals surface area contributed by atoms with E-state index in [0.29, 0.717) is 11.5 Å². The molecule has 7 nitrogen and oxygen atoms in total. The highest BCUT2D eigenvalue weighted by Crippen LogP contribution is 2.36. The summed E-state index contributed by atoms with van der Waals surface area (Å²) in [6.45, 7) is 1.06. The number of sulfonamides is 1. The lowest BCUT2D eigenvalue weighted by molar-refractivity contribution is 0.354. The fourth-order valence-electron chi connectivity index (χ4n) is 4.35. The van der Waals surface area contributed by atoms with E-state index >= 15 is 0 Å². The normalized spacial score (nSPS) is 13.9. The Kier molecular flexibility index (Phi) is 7.00. The van der Waals surface area contributed by atoms with Gasteiger partial charge >= 0.3 is 0 Å². The van der Waals surface area contributed by atoms with Crippen LogP contribution in [-0.2, 0) is 16.4 Å². The summed E-state index contributed by atoms with van der Waals surface area (Å²) in [7, 11) is 3.24. The summed E-state index contributed by atoms with van der Waals surface area (Å²) in [4.78, 5) is 4.47. The molecule has 0 amide bonds. The number of nitrogens with zero attached hydrogens (tertiary/aromatic N) is 2. The average Bonchev–Trinajstić information content (AvgIpc) is 3.28. The minimum absolute atomic E-state index is 0.133. The molecule has 8 heteroatoms. The number of rotatable bonds is 9. The molecule has 1 N–H and O–H groups in total. The maximum atomic E-state index is 13.2. The molecule has 0 fully saturated rings. The van der Waals surface area contributed by atoms with E-state index in [0.717, 1.165) is 29.9 Å². The number of benzene rings is 3. The van der Waals surface area contributed by atoms with Crippen LogP contribution in [0.15, 0.2) is 71.6 Å². The van der Waals surface area contributed by atoms with Gasteiger partial charge < -0.3 is 19.3 Å². The van der Waals surface area contributed by atoms with Crippen molar-refractivity contribution >= 4 is 21.4 Å². The second-order valence-electron chi connectivity index (χ2n) is 8.44. The van der Waals surface area contributed by atoms with Gasteiger partial charge in [-0.1, -0.05) is 30.3 Å². The zero-order chi connectivity index (χ0) is 24.3. The maximum Gasteiger partial charge on any atom is 0.240 e. The largest absolute Gasteiger partial charge is 0.493 e. The van der Waals surface area contributed by atoms with Crippen LogP contribution in [0, 0.1) is 0 Å². The van der Waals surface area contributed by atoms with E-state index in [1.165, 1.54) is 31.9 Å². The highest BCUT2D eigenvalue weighted by molar-refractivity contribution is 7.89. The molecule has 3 aromatic carbocycles. The van der Waals surface area contributed by atoms with E-state index in [1.54, 1.807) is 6.07 Å². The SMILES string of the molecule is COc1ccc(S(=O)(=O)NC[C@H](c2ccc(N(C)C)cc2)N2CCc3ccccc32)cc1OC. The Morgan fingerprint density at radius 2 is 1.68 bits per heavy atom. The van der Waals surface area contributed by atoms with Crippen molar-refractivity contribution in [3.05, 3.63) is 77.9 Å². The van der Waals surface area contributed by atoms with Gasteiger partial charge in [-0.25, -0.2) is 13.1 Å². The van der Waals surface area contributed by atoms with Gasteiger partial charge in [-0.3, -0.25) is 0 Å². The number of ether oxygens (including phenoxy) is 2. The summed E-state index contributed by atoms with van der Waals surface area (Å²) in [5.41, 5.74) is 4.57. The van der Waals surface area contributed by atoms with Crippen molar-refractivity contribution in [1.29, 1.82) is 0 Å². The van der Waals surface area contributed by atoms with Crippen molar-refractivity contribution in [3.8, 4) is 11.5 Å². The molecule has 0 unspecified atom stereocenters. The molecule has 1 aliphatic rings. The highest BCUT2D eigenvalue weighted by atomic mass is 32.2. The van der Waals surface area contributed by atoms with Gasteiger partial charge in [0.05, 0.1) is 25.2 Å². The molecule has 0 radical (unpaired) electrons. The summed E-state index contributed by atoms with van der Waals surface area (Å²) >= 11 is 0. The lowest BCUT2D eigenvalue weighted by Gasteiger charge is -2.31. The second-order valence-corrected chi connectivity index (χ2v) is 10.2. The van der Waals surface area contributed by atoms with Gasteiger partial charge in [-0.2, -0.15) is 0 Å². The molecule has 180 valence electrons. The summed E-state index contributed by atoms with van der Waals surface area (Å²) in [6.07, 6.45) is 0.935. The second kappa shape index (κ2) is 9.95. The van der Waals surface area contributed by atoms with Gasteiger partial charge in [0.1, 0.15) is 0 Å².